The molecular weight excluding hydrogens is 425 g/mol. The van der Waals surface area contributed by atoms with Crippen molar-refractivity contribution in [1.82, 2.24) is 0 Å². The van der Waals surface area contributed by atoms with Gasteiger partial charge in [-0.3, -0.25) is 0 Å². The molecular formula is C24H23F3O3S. The number of benzene rings is 2. The number of hydrogen-bond acceptors (Lipinski definition) is 3. The minimum atomic E-state index is -4.45. The Labute approximate surface area is 182 Å². The van der Waals surface area contributed by atoms with Crippen molar-refractivity contribution in [2.45, 2.75) is 39.3 Å². The predicted molar refractivity (Wildman–Crippen MR) is 119 cm³/mol. The maximum Gasteiger partial charge on any atom is 0.422 e. The lowest BCUT2D eigenvalue weighted by Gasteiger charge is -2.22. The van der Waals surface area contributed by atoms with Gasteiger partial charge in [0.1, 0.15) is 5.75 Å². The van der Waals surface area contributed by atoms with E-state index in [0.717, 1.165) is 32.2 Å². The number of allylic oxidation sites excluding steroid dienone is 1. The molecule has 3 nitrogen and oxygen atoms in total. The molecule has 0 aliphatic rings. The van der Waals surface area contributed by atoms with E-state index in [4.69, 9.17) is 9.84 Å². The maximum absolute atomic E-state index is 12.9. The van der Waals surface area contributed by atoms with Gasteiger partial charge in [-0.2, -0.15) is 13.2 Å². The number of halogens is 3. The quantitative estimate of drug-likeness (QED) is 0.417. The van der Waals surface area contributed by atoms with E-state index in [0.29, 0.717) is 11.1 Å². The van der Waals surface area contributed by atoms with Crippen molar-refractivity contribution in [3.05, 3.63) is 59.0 Å². The Morgan fingerprint density at radius 3 is 2.42 bits per heavy atom. The van der Waals surface area contributed by atoms with E-state index in [1.165, 1.54) is 11.3 Å². The molecule has 0 radical (unpaired) electrons. The molecule has 164 valence electrons. The number of aliphatic carboxylic acids is 1. The van der Waals surface area contributed by atoms with Crippen LogP contribution in [0.5, 0.6) is 5.75 Å². The number of hydrogen-bond donors (Lipinski definition) is 1. The molecule has 0 aliphatic carbocycles. The number of thiophene rings is 1. The third kappa shape index (κ3) is 5.47. The molecule has 7 heteroatoms. The van der Waals surface area contributed by atoms with Crippen LogP contribution in [0.1, 0.15) is 38.1 Å². The Morgan fingerprint density at radius 2 is 1.81 bits per heavy atom. The summed E-state index contributed by atoms with van der Waals surface area (Å²) in [6.45, 7) is 6.30. The monoisotopic (exact) mass is 448 g/mol. The smallest absolute Gasteiger partial charge is 0.422 e. The fourth-order valence-electron chi connectivity index (χ4n) is 3.24. The first-order valence-corrected chi connectivity index (χ1v) is 10.5. The molecule has 1 N–H and O–H groups in total. The maximum atomic E-state index is 12.9. The first-order chi connectivity index (χ1) is 14.3. The number of carbonyl (C=O) groups is 1. The summed E-state index contributed by atoms with van der Waals surface area (Å²) in [7, 11) is 0. The lowest BCUT2D eigenvalue weighted by Crippen LogP contribution is -2.20. The van der Waals surface area contributed by atoms with Crippen LogP contribution in [0.15, 0.2) is 48.5 Å². The summed E-state index contributed by atoms with van der Waals surface area (Å²) < 4.78 is 44.8. The Bertz CT molecular complexity index is 1150. The molecule has 1 aromatic heterocycles. The molecule has 0 saturated carbocycles. The van der Waals surface area contributed by atoms with E-state index < -0.39 is 18.8 Å². The van der Waals surface area contributed by atoms with Crippen LogP contribution in [0, 0.1) is 0 Å². The summed E-state index contributed by atoms with van der Waals surface area (Å²) in [5, 5.41) is 9.86. The predicted octanol–water partition coefficient (Wildman–Crippen LogP) is 7.29. The van der Waals surface area contributed by atoms with Crippen molar-refractivity contribution >= 4 is 33.0 Å². The van der Waals surface area contributed by atoms with Gasteiger partial charge in [-0.05, 0) is 47.2 Å². The van der Waals surface area contributed by atoms with Gasteiger partial charge in [-0.15, -0.1) is 11.3 Å². The highest BCUT2D eigenvalue weighted by molar-refractivity contribution is 7.20. The van der Waals surface area contributed by atoms with Gasteiger partial charge in [0.25, 0.3) is 0 Å². The number of ether oxygens (including phenoxy) is 1. The van der Waals surface area contributed by atoms with E-state index in [2.05, 4.69) is 0 Å². The van der Waals surface area contributed by atoms with E-state index in [9.17, 15) is 18.0 Å². The molecule has 3 rings (SSSR count). The van der Waals surface area contributed by atoms with Gasteiger partial charge >= 0.3 is 12.1 Å². The molecule has 3 aromatic rings. The number of fused-ring (bicyclic) bond motifs is 1. The highest BCUT2D eigenvalue weighted by Crippen LogP contribution is 2.41. The fourth-order valence-corrected chi connectivity index (χ4v) is 4.30. The van der Waals surface area contributed by atoms with Crippen LogP contribution in [0.2, 0.25) is 0 Å². The van der Waals surface area contributed by atoms with Crippen molar-refractivity contribution in [2.75, 3.05) is 6.61 Å². The van der Waals surface area contributed by atoms with E-state index >= 15 is 0 Å². The Balaban J connectivity index is 2.16. The van der Waals surface area contributed by atoms with Crippen LogP contribution in [0.4, 0.5) is 13.2 Å². The van der Waals surface area contributed by atoms with Crippen LogP contribution in [0.3, 0.4) is 0 Å². The standard InChI is InChI=1S/C24H23F3O3S/c1-14(10-22(28)29)21-12-18-16(6-5-7-20(18)31-21)17-9-8-15(23(2,3)4)11-19(17)30-13-24(25,26)27/h5-12H,13H2,1-4H3,(H,28,29)/b14-10-. The summed E-state index contributed by atoms with van der Waals surface area (Å²) in [5.41, 5.74) is 2.52. The van der Waals surface area contributed by atoms with Crippen LogP contribution < -0.4 is 4.74 Å². The molecule has 2 aromatic carbocycles. The number of carboxylic acids is 1. The molecule has 0 spiro atoms. The lowest BCUT2D eigenvalue weighted by atomic mass is 9.85. The third-order valence-corrected chi connectivity index (χ3v) is 6.05. The summed E-state index contributed by atoms with van der Waals surface area (Å²) in [4.78, 5) is 11.8. The van der Waals surface area contributed by atoms with Gasteiger partial charge in [-0.25, -0.2) is 4.79 Å². The molecule has 0 atom stereocenters. The van der Waals surface area contributed by atoms with Crippen molar-refractivity contribution in [3.8, 4) is 16.9 Å². The van der Waals surface area contributed by atoms with Gasteiger partial charge in [0, 0.05) is 26.6 Å². The SMILES string of the molecule is C/C(=C/C(=O)O)c1cc2c(-c3ccc(C(C)(C)C)cc3OCC(F)(F)F)cccc2s1. The summed E-state index contributed by atoms with van der Waals surface area (Å²) >= 11 is 1.43. The van der Waals surface area contributed by atoms with Gasteiger partial charge in [-0.1, -0.05) is 45.0 Å². The molecule has 0 bridgehead atoms. The van der Waals surface area contributed by atoms with Gasteiger partial charge < -0.3 is 9.84 Å². The van der Waals surface area contributed by atoms with Gasteiger partial charge in [0.2, 0.25) is 0 Å². The van der Waals surface area contributed by atoms with E-state index in [-0.39, 0.29) is 11.2 Å². The molecule has 0 saturated heterocycles. The van der Waals surface area contributed by atoms with Gasteiger partial charge in [0.05, 0.1) is 0 Å². The fraction of sp³-hybridized carbons (Fsp3) is 0.292. The lowest BCUT2D eigenvalue weighted by molar-refractivity contribution is -0.153. The molecule has 0 fully saturated rings. The molecule has 31 heavy (non-hydrogen) atoms. The minimum Gasteiger partial charge on any atom is -0.483 e. The topological polar surface area (TPSA) is 46.5 Å². The van der Waals surface area contributed by atoms with Crippen molar-refractivity contribution in [2.24, 2.45) is 0 Å². The summed E-state index contributed by atoms with van der Waals surface area (Å²) in [5.74, 6) is -0.862. The van der Waals surface area contributed by atoms with Crippen molar-refractivity contribution in [3.63, 3.8) is 0 Å². The minimum absolute atomic E-state index is 0.169. The van der Waals surface area contributed by atoms with Crippen LogP contribution >= 0.6 is 11.3 Å². The van der Waals surface area contributed by atoms with E-state index in [1.54, 1.807) is 19.1 Å². The number of carboxylic acid groups (broad SMARTS) is 1. The third-order valence-electron chi connectivity index (χ3n) is 4.82. The highest BCUT2D eigenvalue weighted by atomic mass is 32.1. The van der Waals surface area contributed by atoms with Crippen molar-refractivity contribution in [1.29, 1.82) is 0 Å². The Morgan fingerprint density at radius 1 is 1.10 bits per heavy atom. The van der Waals surface area contributed by atoms with Crippen molar-refractivity contribution < 1.29 is 27.8 Å². The van der Waals surface area contributed by atoms with Gasteiger partial charge in [0.15, 0.2) is 6.61 Å². The Hall–Kier alpha value is -2.80. The Kier molecular flexibility index (Phi) is 6.18. The zero-order chi connectivity index (χ0) is 23.0. The number of rotatable bonds is 5. The first kappa shape index (κ1) is 22.9. The first-order valence-electron chi connectivity index (χ1n) is 9.64. The summed E-state index contributed by atoms with van der Waals surface area (Å²) in [6.07, 6.45) is -3.31. The van der Waals surface area contributed by atoms with Crippen LogP contribution in [-0.2, 0) is 10.2 Å². The second kappa shape index (κ2) is 8.38. The zero-order valence-electron chi connectivity index (χ0n) is 17.6. The molecule has 1 heterocycles. The average molecular weight is 449 g/mol. The van der Waals surface area contributed by atoms with E-state index in [1.807, 2.05) is 51.1 Å². The molecule has 0 unspecified atom stereocenters. The second-order valence-electron chi connectivity index (χ2n) is 8.36. The molecule has 0 aliphatic heterocycles. The highest BCUT2D eigenvalue weighted by Gasteiger charge is 2.29. The van der Waals surface area contributed by atoms with Crippen LogP contribution in [0.25, 0.3) is 26.8 Å². The zero-order valence-corrected chi connectivity index (χ0v) is 18.4. The number of alkyl halides is 3. The normalized spacial score (nSPS) is 12.9. The average Bonchev–Trinajstić information content (AvgIpc) is 3.09. The summed E-state index contributed by atoms with van der Waals surface area (Å²) in [6, 6.07) is 12.8. The largest absolute Gasteiger partial charge is 0.483 e. The molecule has 0 amide bonds. The van der Waals surface area contributed by atoms with Crippen LogP contribution in [-0.4, -0.2) is 23.9 Å². The second-order valence-corrected chi connectivity index (χ2v) is 9.44.